The lowest BCUT2D eigenvalue weighted by Gasteiger charge is -2.41. The van der Waals surface area contributed by atoms with Crippen molar-refractivity contribution in [2.24, 2.45) is 0 Å². The van der Waals surface area contributed by atoms with Gasteiger partial charge in [-0.1, -0.05) is 75.1 Å². The number of nitrogens with zero attached hydrogens (tertiary/aromatic N) is 2. The lowest BCUT2D eigenvalue weighted by molar-refractivity contribution is 0.0647. The fourth-order valence-corrected chi connectivity index (χ4v) is 6.11. The van der Waals surface area contributed by atoms with E-state index in [1.54, 1.807) is 15.8 Å². The Hall–Kier alpha value is 0.985. The Morgan fingerprint density at radius 2 is 0.957 bits per heavy atom. The van der Waals surface area contributed by atoms with Crippen LogP contribution in [0.25, 0.3) is 0 Å². The molecule has 3 aliphatic heterocycles. The van der Waals surface area contributed by atoms with Crippen LogP contribution in [0.1, 0.15) is 59.3 Å². The van der Waals surface area contributed by atoms with Crippen molar-refractivity contribution in [2.75, 3.05) is 39.3 Å². The summed E-state index contributed by atoms with van der Waals surface area (Å²) in [5, 5.41) is 4.74. The molecule has 3 aliphatic rings. The minimum Gasteiger partial charge on any atom is -0.300 e. The van der Waals surface area contributed by atoms with Crippen LogP contribution >= 0.6 is 0 Å². The van der Waals surface area contributed by atoms with Crippen LogP contribution in [0.4, 0.5) is 0 Å². The fourth-order valence-electron chi connectivity index (χ4n) is 3.05. The summed E-state index contributed by atoms with van der Waals surface area (Å²) in [4.78, 5) is 5.08. The lowest BCUT2D eigenvalue weighted by Crippen LogP contribution is -2.55. The SMILES string of the molecule is C1CN2CCN1CC2.CCC[CH2][AlH][CH2]CCC.CCC[CH2][AlH][CH3]. The van der Waals surface area contributed by atoms with Gasteiger partial charge in [-0.3, -0.25) is 9.80 Å². The van der Waals surface area contributed by atoms with Gasteiger partial charge in [-0.2, -0.15) is 0 Å². The van der Waals surface area contributed by atoms with Gasteiger partial charge in [-0.05, 0) is 0 Å². The van der Waals surface area contributed by atoms with E-state index in [-0.39, 0.29) is 0 Å². The minimum absolute atomic E-state index is 0.389. The van der Waals surface area contributed by atoms with Crippen LogP contribution in [0.5, 0.6) is 0 Å². The van der Waals surface area contributed by atoms with Crippen LogP contribution < -0.4 is 0 Å². The molecule has 0 spiro atoms. The Balaban J connectivity index is 0.000000322. The normalized spacial score (nSPS) is 21.6. The highest BCUT2D eigenvalue weighted by atomic mass is 27.1. The summed E-state index contributed by atoms with van der Waals surface area (Å²) in [6, 6.07) is 0. The van der Waals surface area contributed by atoms with E-state index in [0.29, 0.717) is 30.4 Å². The summed E-state index contributed by atoms with van der Waals surface area (Å²) < 4.78 is 0. The molecule has 0 unspecified atom stereocenters. The average Bonchev–Trinajstić information content (AvgIpc) is 2.63. The molecule has 0 saturated carbocycles. The minimum atomic E-state index is 0.389. The maximum absolute atomic E-state index is 2.54. The van der Waals surface area contributed by atoms with Gasteiger partial charge in [0.2, 0.25) is 30.4 Å². The Labute approximate surface area is 160 Å². The van der Waals surface area contributed by atoms with Gasteiger partial charge in [0.1, 0.15) is 0 Å². The molecular formula is C19H44Al2N2. The van der Waals surface area contributed by atoms with Crippen molar-refractivity contribution in [2.45, 2.75) is 80.9 Å². The van der Waals surface area contributed by atoms with Crippen molar-refractivity contribution in [1.82, 2.24) is 9.80 Å². The van der Waals surface area contributed by atoms with E-state index in [0.717, 1.165) is 0 Å². The van der Waals surface area contributed by atoms with Gasteiger partial charge in [0.15, 0.2) is 0 Å². The van der Waals surface area contributed by atoms with E-state index in [1.807, 2.05) is 0 Å². The molecule has 0 N–H and O–H groups in total. The summed E-state index contributed by atoms with van der Waals surface area (Å²) in [6.45, 7) is 14.7. The molecule has 3 rings (SSSR count). The summed E-state index contributed by atoms with van der Waals surface area (Å²) in [7, 11) is 0. The molecule has 136 valence electrons. The third-order valence-corrected chi connectivity index (χ3v) is 8.07. The first-order valence-corrected chi connectivity index (χ1v) is 15.1. The van der Waals surface area contributed by atoms with Crippen molar-refractivity contribution in [3.63, 3.8) is 0 Å². The van der Waals surface area contributed by atoms with Gasteiger partial charge in [-0.25, -0.2) is 0 Å². The molecule has 0 amide bonds. The maximum Gasteiger partial charge on any atom is 0.236 e. The Morgan fingerprint density at radius 3 is 1.17 bits per heavy atom. The van der Waals surface area contributed by atoms with E-state index in [1.165, 1.54) is 77.8 Å². The second-order valence-electron chi connectivity index (χ2n) is 7.16. The average molecular weight is 355 g/mol. The monoisotopic (exact) mass is 354 g/mol. The second-order valence-corrected chi connectivity index (χ2v) is 11.0. The lowest BCUT2D eigenvalue weighted by atomic mass is 10.2. The molecule has 23 heavy (non-hydrogen) atoms. The zero-order chi connectivity index (χ0) is 17.2. The van der Waals surface area contributed by atoms with Crippen molar-refractivity contribution in [3.05, 3.63) is 0 Å². The molecule has 0 radical (unpaired) electrons. The van der Waals surface area contributed by atoms with Crippen molar-refractivity contribution >= 4 is 30.4 Å². The molecule has 2 nitrogen and oxygen atoms in total. The maximum atomic E-state index is 2.54. The quantitative estimate of drug-likeness (QED) is 0.453. The topological polar surface area (TPSA) is 6.48 Å². The number of hydrogen-bond donors (Lipinski definition) is 0. The molecule has 0 aromatic carbocycles. The summed E-state index contributed by atoms with van der Waals surface area (Å²) in [6.07, 6.45) is 8.66. The standard InChI is InChI=1S/C6H12N2.3C4H9.CH3.2Al.2H/c1-2-8-5-3-7(1)4-6-8;3*1-3-4-2;;;;;/h1-6H2;3*1,3-4H2,2H3;1H3;;;;. The summed E-state index contributed by atoms with van der Waals surface area (Å²) >= 11 is 0.792. The van der Waals surface area contributed by atoms with Gasteiger partial charge >= 0.3 is 0 Å². The molecule has 0 aromatic rings. The molecule has 0 aliphatic carbocycles. The van der Waals surface area contributed by atoms with Crippen molar-refractivity contribution < 1.29 is 0 Å². The van der Waals surface area contributed by atoms with Gasteiger partial charge in [-0.15, -0.1) is 5.79 Å². The van der Waals surface area contributed by atoms with E-state index in [9.17, 15) is 0 Å². The molecular weight excluding hydrogens is 310 g/mol. The highest BCUT2D eigenvalue weighted by Gasteiger charge is 2.21. The van der Waals surface area contributed by atoms with Gasteiger partial charge in [0.25, 0.3) is 0 Å². The van der Waals surface area contributed by atoms with Gasteiger partial charge < -0.3 is 0 Å². The van der Waals surface area contributed by atoms with Crippen LogP contribution in [0.15, 0.2) is 0 Å². The third-order valence-electron chi connectivity index (χ3n) is 4.86. The zero-order valence-electron chi connectivity index (χ0n) is 16.9. The van der Waals surface area contributed by atoms with Crippen LogP contribution in [0.2, 0.25) is 21.6 Å². The molecule has 0 aromatic heterocycles. The van der Waals surface area contributed by atoms with E-state index in [2.05, 4.69) is 36.4 Å². The Morgan fingerprint density at radius 1 is 0.609 bits per heavy atom. The number of piperazine rings is 3. The molecule has 3 fully saturated rings. The number of hydrogen-bond acceptors (Lipinski definition) is 2. The third kappa shape index (κ3) is 16.2. The van der Waals surface area contributed by atoms with Crippen LogP contribution in [0.3, 0.4) is 0 Å². The number of fused-ring (bicyclic) bond motifs is 3. The first-order valence-electron chi connectivity index (χ1n) is 10.7. The second kappa shape index (κ2) is 19.3. The fraction of sp³-hybridized carbons (Fsp3) is 1.00. The highest BCUT2D eigenvalue weighted by Crippen LogP contribution is 2.06. The van der Waals surface area contributed by atoms with E-state index >= 15 is 0 Å². The Kier molecular flexibility index (Phi) is 20.1. The number of unbranched alkanes of at least 4 members (excludes halogenated alkanes) is 3. The Bertz CT molecular complexity index is 186. The van der Waals surface area contributed by atoms with Crippen molar-refractivity contribution in [1.29, 1.82) is 0 Å². The van der Waals surface area contributed by atoms with E-state index in [4.69, 9.17) is 0 Å². The molecule has 4 heteroatoms. The van der Waals surface area contributed by atoms with Crippen LogP contribution in [0, 0.1) is 0 Å². The predicted octanol–water partition coefficient (Wildman–Crippen LogP) is 4.17. The largest absolute Gasteiger partial charge is 0.300 e. The first-order chi connectivity index (χ1) is 11.3. The predicted molar refractivity (Wildman–Crippen MR) is 112 cm³/mol. The zero-order valence-corrected chi connectivity index (χ0v) is 19.7. The first kappa shape index (κ1) is 24.0. The van der Waals surface area contributed by atoms with Crippen LogP contribution in [-0.2, 0) is 0 Å². The molecule has 3 saturated heterocycles. The van der Waals surface area contributed by atoms with Crippen LogP contribution in [-0.4, -0.2) is 79.5 Å². The molecule has 3 heterocycles. The molecule has 0 atom stereocenters. The highest BCUT2D eigenvalue weighted by molar-refractivity contribution is 6.35. The molecule has 2 bridgehead atoms. The smallest absolute Gasteiger partial charge is 0.236 e. The summed E-state index contributed by atoms with van der Waals surface area (Å²) in [5.41, 5.74) is 0. The van der Waals surface area contributed by atoms with Gasteiger partial charge in [0, 0.05) is 39.3 Å². The summed E-state index contributed by atoms with van der Waals surface area (Å²) in [5.74, 6) is 2.37. The van der Waals surface area contributed by atoms with Gasteiger partial charge in [0.05, 0.1) is 0 Å². The van der Waals surface area contributed by atoms with Crippen molar-refractivity contribution in [3.8, 4) is 0 Å². The number of rotatable bonds is 9. The van der Waals surface area contributed by atoms with E-state index < -0.39 is 0 Å².